The smallest absolute Gasteiger partial charge is 0.163 e. The van der Waals surface area contributed by atoms with Crippen molar-refractivity contribution in [2.45, 2.75) is 39.0 Å². The van der Waals surface area contributed by atoms with E-state index in [9.17, 15) is 0 Å². The molecule has 1 aromatic carbocycles. The van der Waals surface area contributed by atoms with Gasteiger partial charge in [-0.2, -0.15) is 0 Å². The molecule has 18 heavy (non-hydrogen) atoms. The number of hydrogen-bond donors (Lipinski definition) is 0. The van der Waals surface area contributed by atoms with Crippen LogP contribution in [0.4, 0.5) is 0 Å². The van der Waals surface area contributed by atoms with Crippen molar-refractivity contribution in [3.63, 3.8) is 0 Å². The van der Waals surface area contributed by atoms with E-state index in [-0.39, 0.29) is 18.5 Å². The van der Waals surface area contributed by atoms with E-state index in [0.717, 1.165) is 0 Å². The van der Waals surface area contributed by atoms with Gasteiger partial charge in [-0.15, -0.1) is 0 Å². The average Bonchev–Trinajstić information content (AvgIpc) is 2.85. The molecule has 2 saturated heterocycles. The number of rotatable bonds is 3. The minimum absolute atomic E-state index is 0.0769. The molecule has 3 rings (SSSR count). The van der Waals surface area contributed by atoms with Crippen LogP contribution in [0, 0.1) is 11.8 Å². The number of ether oxygens (including phenoxy) is 3. The molecule has 0 saturated carbocycles. The summed E-state index contributed by atoms with van der Waals surface area (Å²) in [4.78, 5) is 0. The molecule has 3 heteroatoms. The van der Waals surface area contributed by atoms with E-state index in [0.29, 0.717) is 25.0 Å². The first-order chi connectivity index (χ1) is 8.75. The van der Waals surface area contributed by atoms with Crippen molar-refractivity contribution in [1.29, 1.82) is 0 Å². The Morgan fingerprint density at radius 3 is 2.72 bits per heavy atom. The average molecular weight is 248 g/mol. The van der Waals surface area contributed by atoms with Gasteiger partial charge < -0.3 is 14.2 Å². The summed E-state index contributed by atoms with van der Waals surface area (Å²) in [6, 6.07) is 10.3. The molecule has 0 amide bonds. The molecule has 2 aliphatic rings. The van der Waals surface area contributed by atoms with Crippen molar-refractivity contribution >= 4 is 0 Å². The van der Waals surface area contributed by atoms with Gasteiger partial charge in [-0.25, -0.2) is 0 Å². The molecule has 3 nitrogen and oxygen atoms in total. The van der Waals surface area contributed by atoms with E-state index < -0.39 is 0 Å². The van der Waals surface area contributed by atoms with Crippen LogP contribution < -0.4 is 0 Å². The van der Waals surface area contributed by atoms with Crippen LogP contribution in [0.5, 0.6) is 0 Å². The van der Waals surface area contributed by atoms with Gasteiger partial charge in [0.05, 0.1) is 25.4 Å². The van der Waals surface area contributed by atoms with Crippen molar-refractivity contribution in [3.8, 4) is 0 Å². The number of fused-ring (bicyclic) bond motifs is 2. The number of hydrogen-bond acceptors (Lipinski definition) is 3. The van der Waals surface area contributed by atoms with E-state index in [1.54, 1.807) is 0 Å². The highest BCUT2D eigenvalue weighted by Gasteiger charge is 2.47. The van der Waals surface area contributed by atoms with Gasteiger partial charge in [0.2, 0.25) is 0 Å². The Balaban J connectivity index is 1.65. The summed E-state index contributed by atoms with van der Waals surface area (Å²) in [7, 11) is 0. The van der Waals surface area contributed by atoms with Crippen LogP contribution in [0.1, 0.15) is 19.4 Å². The van der Waals surface area contributed by atoms with Crippen molar-refractivity contribution in [1.82, 2.24) is 0 Å². The molecule has 2 bridgehead atoms. The summed E-state index contributed by atoms with van der Waals surface area (Å²) in [5.74, 6) is 0.685. The summed E-state index contributed by atoms with van der Waals surface area (Å²) >= 11 is 0. The van der Waals surface area contributed by atoms with Gasteiger partial charge in [-0.05, 0) is 5.56 Å². The Morgan fingerprint density at radius 1 is 1.17 bits per heavy atom. The van der Waals surface area contributed by atoms with Gasteiger partial charge in [-0.3, -0.25) is 0 Å². The maximum atomic E-state index is 6.11. The minimum Gasteiger partial charge on any atom is -0.373 e. The molecule has 0 radical (unpaired) electrons. The first-order valence-electron chi connectivity index (χ1n) is 6.68. The zero-order valence-corrected chi connectivity index (χ0v) is 10.9. The molecular weight excluding hydrogens is 228 g/mol. The minimum atomic E-state index is -0.0769. The molecule has 2 aliphatic heterocycles. The quantitative estimate of drug-likeness (QED) is 0.823. The maximum Gasteiger partial charge on any atom is 0.163 e. The molecule has 98 valence electrons. The zero-order valence-electron chi connectivity index (χ0n) is 10.9. The highest BCUT2D eigenvalue weighted by molar-refractivity contribution is 5.13. The molecule has 0 N–H and O–H groups in total. The molecule has 0 unspecified atom stereocenters. The Bertz CT molecular complexity index is 376. The lowest BCUT2D eigenvalue weighted by Gasteiger charge is -2.37. The van der Waals surface area contributed by atoms with Crippen LogP contribution in [0.2, 0.25) is 0 Å². The van der Waals surface area contributed by atoms with Crippen LogP contribution in [0.3, 0.4) is 0 Å². The van der Waals surface area contributed by atoms with E-state index in [1.165, 1.54) is 5.56 Å². The van der Waals surface area contributed by atoms with Crippen molar-refractivity contribution in [2.24, 2.45) is 11.8 Å². The molecule has 5 atom stereocenters. The van der Waals surface area contributed by atoms with E-state index in [1.807, 2.05) is 18.2 Å². The predicted molar refractivity (Wildman–Crippen MR) is 68.0 cm³/mol. The van der Waals surface area contributed by atoms with Crippen LogP contribution in [0.15, 0.2) is 30.3 Å². The predicted octanol–water partition coefficient (Wildman–Crippen LogP) is 2.60. The van der Waals surface area contributed by atoms with Crippen LogP contribution in [-0.2, 0) is 20.8 Å². The Morgan fingerprint density at radius 2 is 1.94 bits per heavy atom. The van der Waals surface area contributed by atoms with E-state index in [2.05, 4.69) is 26.0 Å². The second kappa shape index (κ2) is 5.00. The summed E-state index contributed by atoms with van der Waals surface area (Å²) in [5.41, 5.74) is 1.22. The topological polar surface area (TPSA) is 27.7 Å². The largest absolute Gasteiger partial charge is 0.373 e. The van der Waals surface area contributed by atoms with Gasteiger partial charge >= 0.3 is 0 Å². The fourth-order valence-corrected chi connectivity index (χ4v) is 2.91. The molecule has 0 aliphatic carbocycles. The SMILES string of the molecule is C[C@H]1[C@@H]2OC[C@@H](O2)[C@@H](C)[C@H]1OCc1ccccc1. The summed E-state index contributed by atoms with van der Waals surface area (Å²) in [6.07, 6.45) is 0.343. The van der Waals surface area contributed by atoms with Gasteiger partial charge in [0.15, 0.2) is 6.29 Å². The first kappa shape index (κ1) is 12.2. The standard InChI is InChI=1S/C15H20O3/c1-10-13-9-17-15(18-13)11(2)14(10)16-8-12-6-4-3-5-7-12/h3-7,10-11,13-15H,8-9H2,1-2H3/t10-,11-,13-,14-,15-/m1/s1. The van der Waals surface area contributed by atoms with Gasteiger partial charge in [-0.1, -0.05) is 44.2 Å². The number of benzene rings is 1. The maximum absolute atomic E-state index is 6.11. The van der Waals surface area contributed by atoms with Gasteiger partial charge in [0.1, 0.15) is 0 Å². The third-order valence-electron chi connectivity index (χ3n) is 4.07. The Labute approximate surface area is 108 Å². The monoisotopic (exact) mass is 248 g/mol. The van der Waals surface area contributed by atoms with Crippen molar-refractivity contribution < 1.29 is 14.2 Å². The Hall–Kier alpha value is -0.900. The normalized spacial score (nSPS) is 38.9. The second-order valence-electron chi connectivity index (χ2n) is 5.36. The fraction of sp³-hybridized carbons (Fsp3) is 0.600. The summed E-state index contributed by atoms with van der Waals surface area (Å²) in [5, 5.41) is 0. The molecule has 0 spiro atoms. The fourth-order valence-electron chi connectivity index (χ4n) is 2.91. The van der Waals surface area contributed by atoms with Crippen molar-refractivity contribution in [3.05, 3.63) is 35.9 Å². The first-order valence-corrected chi connectivity index (χ1v) is 6.68. The lowest BCUT2D eigenvalue weighted by molar-refractivity contribution is -0.193. The van der Waals surface area contributed by atoms with E-state index in [4.69, 9.17) is 14.2 Å². The lowest BCUT2D eigenvalue weighted by atomic mass is 9.87. The van der Waals surface area contributed by atoms with Crippen LogP contribution >= 0.6 is 0 Å². The van der Waals surface area contributed by atoms with Crippen LogP contribution in [-0.4, -0.2) is 25.1 Å². The summed E-state index contributed by atoms with van der Waals surface area (Å²) < 4.78 is 17.6. The highest BCUT2D eigenvalue weighted by Crippen LogP contribution is 2.37. The molecule has 2 fully saturated rings. The molecular formula is C15H20O3. The zero-order chi connectivity index (χ0) is 12.5. The third kappa shape index (κ3) is 2.18. The van der Waals surface area contributed by atoms with Crippen LogP contribution in [0.25, 0.3) is 0 Å². The second-order valence-corrected chi connectivity index (χ2v) is 5.36. The lowest BCUT2D eigenvalue weighted by Crippen LogP contribution is -2.45. The van der Waals surface area contributed by atoms with Gasteiger partial charge in [0, 0.05) is 11.8 Å². The summed E-state index contributed by atoms with van der Waals surface area (Å²) in [6.45, 7) is 5.72. The molecule has 2 heterocycles. The third-order valence-corrected chi connectivity index (χ3v) is 4.07. The van der Waals surface area contributed by atoms with Crippen molar-refractivity contribution in [2.75, 3.05) is 6.61 Å². The molecule has 0 aromatic heterocycles. The highest BCUT2D eigenvalue weighted by atomic mass is 16.7. The Kier molecular flexibility index (Phi) is 3.37. The van der Waals surface area contributed by atoms with Gasteiger partial charge in [0.25, 0.3) is 0 Å². The van der Waals surface area contributed by atoms with E-state index >= 15 is 0 Å². The molecule has 1 aromatic rings.